The van der Waals surface area contributed by atoms with Crippen molar-refractivity contribution in [2.24, 2.45) is 0 Å². The molecule has 8 nitrogen and oxygen atoms in total. The minimum Gasteiger partial charge on any atom is -0.490 e. The maximum Gasteiger partial charge on any atom is 0.335 e. The monoisotopic (exact) mass is 616 g/mol. The normalized spacial score (nSPS) is 14.1. The molecule has 10 heteroatoms. The van der Waals surface area contributed by atoms with E-state index in [9.17, 15) is 23.9 Å². The van der Waals surface area contributed by atoms with E-state index in [1.807, 2.05) is 6.92 Å². The van der Waals surface area contributed by atoms with Gasteiger partial charge in [0.1, 0.15) is 18.1 Å². The van der Waals surface area contributed by atoms with Gasteiger partial charge < -0.3 is 19.9 Å². The summed E-state index contributed by atoms with van der Waals surface area (Å²) in [6.45, 7) is 2.11. The van der Waals surface area contributed by atoms with Crippen molar-refractivity contribution in [1.82, 2.24) is 10.2 Å². The van der Waals surface area contributed by atoms with Gasteiger partial charge in [-0.3, -0.25) is 9.69 Å². The van der Waals surface area contributed by atoms with Gasteiger partial charge in [0.2, 0.25) is 0 Å². The van der Waals surface area contributed by atoms with Crippen molar-refractivity contribution >= 4 is 46.6 Å². The minimum atomic E-state index is -1.02. The van der Waals surface area contributed by atoms with Crippen molar-refractivity contribution < 1.29 is 33.4 Å². The van der Waals surface area contributed by atoms with Crippen molar-refractivity contribution in [2.75, 3.05) is 6.61 Å². The van der Waals surface area contributed by atoms with E-state index in [4.69, 9.17) is 9.47 Å². The van der Waals surface area contributed by atoms with E-state index in [0.717, 1.165) is 4.90 Å². The third kappa shape index (κ3) is 6.08. The maximum atomic E-state index is 14.0. The second-order valence-electron chi connectivity index (χ2n) is 8.03. The van der Waals surface area contributed by atoms with Crippen LogP contribution in [0.3, 0.4) is 0 Å². The predicted octanol–water partition coefficient (Wildman–Crippen LogP) is 5.20. The summed E-state index contributed by atoms with van der Waals surface area (Å²) in [6, 6.07) is 15.2. The van der Waals surface area contributed by atoms with Gasteiger partial charge in [-0.15, -0.1) is 0 Å². The van der Waals surface area contributed by atoms with Crippen LogP contribution in [-0.2, 0) is 17.9 Å². The number of nitrogens with one attached hydrogen (secondary N) is 1. The van der Waals surface area contributed by atoms with Crippen LogP contribution in [-0.4, -0.2) is 34.5 Å². The van der Waals surface area contributed by atoms with Gasteiger partial charge in [-0.2, -0.15) is 0 Å². The Balaban J connectivity index is 1.56. The minimum absolute atomic E-state index is 0.0544. The molecular formula is C27H22FIN2O6. The van der Waals surface area contributed by atoms with Crippen molar-refractivity contribution in [1.29, 1.82) is 0 Å². The molecule has 0 unspecified atom stereocenters. The Morgan fingerprint density at radius 1 is 1.11 bits per heavy atom. The third-order valence-corrected chi connectivity index (χ3v) is 6.25. The number of benzene rings is 3. The lowest BCUT2D eigenvalue weighted by Crippen LogP contribution is -2.30. The molecule has 0 atom stereocenters. The van der Waals surface area contributed by atoms with Crippen molar-refractivity contribution in [2.45, 2.75) is 20.1 Å². The lowest BCUT2D eigenvalue weighted by atomic mass is 10.1. The molecular weight excluding hydrogens is 594 g/mol. The van der Waals surface area contributed by atoms with Crippen molar-refractivity contribution in [3.8, 4) is 11.5 Å². The lowest BCUT2D eigenvalue weighted by molar-refractivity contribution is -0.123. The summed E-state index contributed by atoms with van der Waals surface area (Å²) in [5, 5.41) is 11.7. The van der Waals surface area contributed by atoms with Crippen LogP contribution >= 0.6 is 22.6 Å². The standard InChI is InChI=1S/C27H22FIN2O6/c1-2-36-23-13-17(11-21(29)24(23)37-15-16-6-5-8-18(10-16)26(33)34)12-22-25(32)31(27(35)30-22)14-19-7-3-4-9-20(19)28/h3-13H,2,14-15H2,1H3,(H,30,35)(H,33,34)/b22-12+. The Morgan fingerprint density at radius 3 is 2.62 bits per heavy atom. The number of carboxylic acids is 1. The fourth-order valence-electron chi connectivity index (χ4n) is 3.70. The van der Waals surface area contributed by atoms with Crippen LogP contribution in [0.5, 0.6) is 11.5 Å². The average Bonchev–Trinajstić information content (AvgIpc) is 3.12. The van der Waals surface area contributed by atoms with Crippen molar-refractivity contribution in [3.05, 3.63) is 98.0 Å². The zero-order valence-electron chi connectivity index (χ0n) is 19.7. The Morgan fingerprint density at radius 2 is 1.89 bits per heavy atom. The molecule has 0 radical (unpaired) electrons. The highest BCUT2D eigenvalue weighted by Crippen LogP contribution is 2.36. The number of imide groups is 1. The number of halogens is 2. The highest BCUT2D eigenvalue weighted by molar-refractivity contribution is 14.1. The number of hydrogen-bond acceptors (Lipinski definition) is 5. The van der Waals surface area contributed by atoms with Crippen LogP contribution in [0.1, 0.15) is 34.0 Å². The number of carboxylic acid groups (broad SMARTS) is 1. The maximum absolute atomic E-state index is 14.0. The first-order valence-corrected chi connectivity index (χ1v) is 12.3. The molecule has 2 N–H and O–H groups in total. The van der Waals surface area contributed by atoms with E-state index in [0.29, 0.717) is 32.8 Å². The van der Waals surface area contributed by atoms with Gasteiger partial charge in [-0.25, -0.2) is 14.0 Å². The van der Waals surface area contributed by atoms with Crippen LogP contribution < -0.4 is 14.8 Å². The van der Waals surface area contributed by atoms with Crippen LogP contribution in [0.25, 0.3) is 6.08 Å². The number of ether oxygens (including phenoxy) is 2. The first-order chi connectivity index (χ1) is 17.8. The lowest BCUT2D eigenvalue weighted by Gasteiger charge is -2.15. The zero-order chi connectivity index (χ0) is 26.5. The summed E-state index contributed by atoms with van der Waals surface area (Å²) in [5.41, 5.74) is 1.72. The first-order valence-electron chi connectivity index (χ1n) is 11.3. The quantitative estimate of drug-likeness (QED) is 0.195. The fraction of sp³-hybridized carbons (Fsp3) is 0.148. The molecule has 0 saturated carbocycles. The largest absolute Gasteiger partial charge is 0.490 e. The molecule has 0 aliphatic carbocycles. The second kappa shape index (κ2) is 11.4. The molecule has 0 bridgehead atoms. The van der Waals surface area contributed by atoms with Crippen LogP contribution in [0.4, 0.5) is 9.18 Å². The Labute approximate surface area is 225 Å². The molecule has 0 spiro atoms. The highest BCUT2D eigenvalue weighted by atomic mass is 127. The number of aromatic carboxylic acids is 1. The van der Waals surface area contributed by atoms with Gasteiger partial charge >= 0.3 is 12.0 Å². The summed E-state index contributed by atoms with van der Waals surface area (Å²) >= 11 is 2.08. The summed E-state index contributed by atoms with van der Waals surface area (Å²) in [5.74, 6) is -1.20. The molecule has 1 aliphatic heterocycles. The first kappa shape index (κ1) is 26.1. The van der Waals surface area contributed by atoms with Crippen LogP contribution in [0, 0.1) is 9.39 Å². The molecule has 1 heterocycles. The van der Waals surface area contributed by atoms with Crippen molar-refractivity contribution in [3.63, 3.8) is 0 Å². The second-order valence-corrected chi connectivity index (χ2v) is 9.19. The van der Waals surface area contributed by atoms with Gasteiger partial charge in [0.05, 0.1) is 22.3 Å². The number of rotatable bonds is 9. The summed E-state index contributed by atoms with van der Waals surface area (Å²) in [4.78, 5) is 37.5. The highest BCUT2D eigenvalue weighted by Gasteiger charge is 2.34. The molecule has 1 fully saturated rings. The molecule has 3 aromatic carbocycles. The Kier molecular flexibility index (Phi) is 8.07. The van der Waals surface area contributed by atoms with Crippen LogP contribution in [0.15, 0.2) is 66.4 Å². The molecule has 37 heavy (non-hydrogen) atoms. The summed E-state index contributed by atoms with van der Waals surface area (Å²) in [6.07, 6.45) is 1.52. The smallest absolute Gasteiger partial charge is 0.335 e. The third-order valence-electron chi connectivity index (χ3n) is 5.45. The number of carbonyl (C=O) groups is 3. The molecule has 190 valence electrons. The predicted molar refractivity (Wildman–Crippen MR) is 142 cm³/mol. The van der Waals surface area contributed by atoms with Gasteiger partial charge in [0.25, 0.3) is 5.91 Å². The van der Waals surface area contributed by atoms with Gasteiger partial charge in [0, 0.05) is 5.56 Å². The number of nitrogens with zero attached hydrogens (tertiary/aromatic N) is 1. The molecule has 4 rings (SSSR count). The Hall–Kier alpha value is -3.93. The zero-order valence-corrected chi connectivity index (χ0v) is 21.8. The molecule has 1 saturated heterocycles. The van der Waals surface area contributed by atoms with Crippen LogP contribution in [0.2, 0.25) is 0 Å². The fourth-order valence-corrected chi connectivity index (χ4v) is 4.48. The topological polar surface area (TPSA) is 105 Å². The number of urea groups is 1. The van der Waals surface area contributed by atoms with Gasteiger partial charge in [-0.05, 0) is 77.0 Å². The van der Waals surface area contributed by atoms with E-state index in [2.05, 4.69) is 27.9 Å². The number of carbonyl (C=O) groups excluding carboxylic acids is 2. The molecule has 0 aromatic heterocycles. The number of hydrogen-bond donors (Lipinski definition) is 2. The average molecular weight is 616 g/mol. The van der Waals surface area contributed by atoms with E-state index >= 15 is 0 Å². The summed E-state index contributed by atoms with van der Waals surface area (Å²) < 4.78 is 26.4. The number of amides is 3. The molecule has 3 amide bonds. The van der Waals surface area contributed by atoms with Gasteiger partial charge in [0.15, 0.2) is 11.5 Å². The SMILES string of the molecule is CCOc1cc(/C=C2/NC(=O)N(Cc3ccccc3F)C2=O)cc(I)c1OCc1cccc(C(=O)O)c1. The van der Waals surface area contributed by atoms with E-state index in [1.54, 1.807) is 30.3 Å². The van der Waals surface area contributed by atoms with Gasteiger partial charge in [-0.1, -0.05) is 30.3 Å². The molecule has 1 aliphatic rings. The molecule has 3 aromatic rings. The van der Waals surface area contributed by atoms with E-state index in [-0.39, 0.29) is 30.0 Å². The van der Waals surface area contributed by atoms with E-state index < -0.39 is 23.7 Å². The van der Waals surface area contributed by atoms with E-state index in [1.165, 1.54) is 36.4 Å². The summed E-state index contributed by atoms with van der Waals surface area (Å²) in [7, 11) is 0. The Bertz CT molecular complexity index is 1410.